The van der Waals surface area contributed by atoms with Gasteiger partial charge in [0.1, 0.15) is 0 Å². The summed E-state index contributed by atoms with van der Waals surface area (Å²) in [6.07, 6.45) is 0.832. The molecule has 3 aromatic carbocycles. The van der Waals surface area contributed by atoms with E-state index in [1.54, 1.807) is 0 Å². The van der Waals surface area contributed by atoms with E-state index in [9.17, 15) is 5.11 Å². The number of aliphatic hydroxyl groups is 1. The maximum atomic E-state index is 10.8. The maximum absolute atomic E-state index is 10.8. The fraction of sp³-hybridized carbons (Fsp3) is 0.182. The van der Waals surface area contributed by atoms with Crippen LogP contribution in [0.15, 0.2) is 91.0 Å². The van der Waals surface area contributed by atoms with E-state index in [0.29, 0.717) is 12.6 Å². The highest BCUT2D eigenvalue weighted by molar-refractivity contribution is 7.73. The molecule has 0 unspecified atom stereocenters. The molecule has 128 valence electrons. The van der Waals surface area contributed by atoms with Gasteiger partial charge in [0.2, 0.25) is 0 Å². The first-order valence-electron chi connectivity index (χ1n) is 8.59. The first-order valence-corrected chi connectivity index (χ1v) is 10.1. The van der Waals surface area contributed by atoms with Gasteiger partial charge in [0.15, 0.2) is 0 Å². The molecular weight excluding hydrogens is 325 g/mol. The Bertz CT molecular complexity index is 709. The van der Waals surface area contributed by atoms with Crippen LogP contribution >= 0.6 is 7.92 Å². The average Bonchev–Trinajstić information content (AvgIpc) is 2.68. The Hall–Kier alpha value is -1.99. The summed E-state index contributed by atoms with van der Waals surface area (Å²) in [5.41, 5.74) is 7.48. The highest BCUT2D eigenvalue weighted by Gasteiger charge is 2.22. The van der Waals surface area contributed by atoms with Crippen LogP contribution in [0.4, 0.5) is 0 Å². The number of rotatable bonds is 7. The molecule has 0 aliphatic rings. The molecule has 0 aromatic heterocycles. The molecule has 0 saturated heterocycles. The van der Waals surface area contributed by atoms with Crippen molar-refractivity contribution in [1.82, 2.24) is 0 Å². The van der Waals surface area contributed by atoms with Crippen molar-refractivity contribution in [3.8, 4) is 0 Å². The zero-order chi connectivity index (χ0) is 17.5. The predicted molar refractivity (Wildman–Crippen MR) is 108 cm³/mol. The van der Waals surface area contributed by atoms with Crippen LogP contribution in [0.3, 0.4) is 0 Å². The van der Waals surface area contributed by atoms with E-state index >= 15 is 0 Å². The van der Waals surface area contributed by atoms with Gasteiger partial charge in [-0.2, -0.15) is 0 Å². The summed E-state index contributed by atoms with van der Waals surface area (Å²) < 4.78 is 0. The quantitative estimate of drug-likeness (QED) is 0.644. The molecule has 0 heterocycles. The molecule has 0 spiro atoms. The van der Waals surface area contributed by atoms with Gasteiger partial charge in [-0.1, -0.05) is 91.0 Å². The van der Waals surface area contributed by atoms with Crippen molar-refractivity contribution >= 4 is 18.5 Å². The molecule has 3 N–H and O–H groups in total. The standard InChI is InChI=1S/C22H24NOP/c23-21(16-18-10-4-1-5-11-18)22(24)17-25(19-12-6-2-7-13-19)20-14-8-3-9-15-20/h1-15,21-22,24H,16-17,23H2/t21-,22+/m0/s1. The third-order valence-electron chi connectivity index (χ3n) is 4.31. The molecule has 0 radical (unpaired) electrons. The summed E-state index contributed by atoms with van der Waals surface area (Å²) >= 11 is 0. The van der Waals surface area contributed by atoms with Gasteiger partial charge in [-0.15, -0.1) is 0 Å². The normalized spacial score (nSPS) is 13.6. The molecule has 3 rings (SSSR count). The lowest BCUT2D eigenvalue weighted by atomic mass is 10.0. The van der Waals surface area contributed by atoms with Gasteiger partial charge in [-0.25, -0.2) is 0 Å². The van der Waals surface area contributed by atoms with E-state index < -0.39 is 14.0 Å². The third kappa shape index (κ3) is 4.99. The summed E-state index contributed by atoms with van der Waals surface area (Å²) in [5.74, 6) is 0. The first-order chi connectivity index (χ1) is 12.2. The van der Waals surface area contributed by atoms with E-state index in [2.05, 4.69) is 60.7 Å². The van der Waals surface area contributed by atoms with Gasteiger partial charge in [0, 0.05) is 12.2 Å². The summed E-state index contributed by atoms with van der Waals surface area (Å²) in [7, 11) is -0.627. The van der Waals surface area contributed by atoms with Crippen LogP contribution < -0.4 is 16.3 Å². The Morgan fingerprint density at radius 1 is 0.720 bits per heavy atom. The molecule has 3 aromatic rings. The van der Waals surface area contributed by atoms with Crippen molar-refractivity contribution in [3.05, 3.63) is 96.6 Å². The van der Waals surface area contributed by atoms with Crippen molar-refractivity contribution < 1.29 is 5.11 Å². The minimum atomic E-state index is -0.627. The molecule has 0 fully saturated rings. The maximum Gasteiger partial charge on any atom is 0.0739 e. The summed E-state index contributed by atoms with van der Waals surface area (Å²) in [6, 6.07) is 30.7. The minimum absolute atomic E-state index is 0.264. The Morgan fingerprint density at radius 2 is 1.16 bits per heavy atom. The number of hydrogen-bond donors (Lipinski definition) is 2. The Kier molecular flexibility index (Phi) is 6.36. The smallest absolute Gasteiger partial charge is 0.0739 e. The van der Waals surface area contributed by atoms with Gasteiger partial charge in [-0.3, -0.25) is 0 Å². The summed E-state index contributed by atoms with van der Waals surface area (Å²) in [6.45, 7) is 0. The number of aliphatic hydroxyl groups excluding tert-OH is 1. The van der Waals surface area contributed by atoms with Crippen LogP contribution in [-0.2, 0) is 6.42 Å². The predicted octanol–water partition coefficient (Wildman–Crippen LogP) is 3.05. The van der Waals surface area contributed by atoms with E-state index in [1.165, 1.54) is 10.6 Å². The van der Waals surface area contributed by atoms with E-state index in [0.717, 1.165) is 5.56 Å². The van der Waals surface area contributed by atoms with Gasteiger partial charge in [0.25, 0.3) is 0 Å². The van der Waals surface area contributed by atoms with Crippen molar-refractivity contribution in [1.29, 1.82) is 0 Å². The molecule has 25 heavy (non-hydrogen) atoms. The fourth-order valence-electron chi connectivity index (χ4n) is 2.92. The number of benzene rings is 3. The molecule has 0 aliphatic carbocycles. The van der Waals surface area contributed by atoms with Crippen LogP contribution in [0.1, 0.15) is 5.56 Å². The Morgan fingerprint density at radius 3 is 1.64 bits per heavy atom. The topological polar surface area (TPSA) is 46.2 Å². The first kappa shape index (κ1) is 17.8. The molecule has 0 aliphatic heterocycles. The molecule has 2 atom stereocenters. The zero-order valence-electron chi connectivity index (χ0n) is 14.2. The second kappa shape index (κ2) is 8.92. The summed E-state index contributed by atoms with van der Waals surface area (Å²) in [4.78, 5) is 0. The van der Waals surface area contributed by atoms with Gasteiger partial charge in [-0.05, 0) is 30.5 Å². The number of nitrogens with two attached hydrogens (primary N) is 1. The molecular formula is C22H24NOP. The van der Waals surface area contributed by atoms with Crippen LogP contribution in [0.2, 0.25) is 0 Å². The summed E-state index contributed by atoms with van der Waals surface area (Å²) in [5, 5.41) is 13.3. The lowest BCUT2D eigenvalue weighted by Gasteiger charge is -2.25. The van der Waals surface area contributed by atoms with Crippen LogP contribution in [-0.4, -0.2) is 23.4 Å². The molecule has 3 heteroatoms. The van der Waals surface area contributed by atoms with Crippen molar-refractivity contribution in [3.63, 3.8) is 0 Å². The second-order valence-electron chi connectivity index (χ2n) is 6.20. The van der Waals surface area contributed by atoms with Crippen LogP contribution in [0, 0.1) is 0 Å². The largest absolute Gasteiger partial charge is 0.391 e. The van der Waals surface area contributed by atoms with Gasteiger partial charge in [0.05, 0.1) is 6.10 Å². The minimum Gasteiger partial charge on any atom is -0.391 e. The SMILES string of the molecule is N[C@@H](Cc1ccccc1)[C@H](O)CP(c1ccccc1)c1ccccc1. The Balaban J connectivity index is 1.76. The molecule has 0 saturated carbocycles. The van der Waals surface area contributed by atoms with Crippen molar-refractivity contribution in [2.24, 2.45) is 5.73 Å². The fourth-order valence-corrected chi connectivity index (χ4v) is 5.35. The monoisotopic (exact) mass is 349 g/mol. The van der Waals surface area contributed by atoms with Crippen molar-refractivity contribution in [2.75, 3.05) is 6.16 Å². The Labute approximate surface area is 151 Å². The van der Waals surface area contributed by atoms with Crippen molar-refractivity contribution in [2.45, 2.75) is 18.6 Å². The lowest BCUT2D eigenvalue weighted by molar-refractivity contribution is 0.167. The highest BCUT2D eigenvalue weighted by Crippen LogP contribution is 2.34. The third-order valence-corrected chi connectivity index (χ3v) is 6.90. The second-order valence-corrected chi connectivity index (χ2v) is 8.46. The van der Waals surface area contributed by atoms with E-state index in [1.807, 2.05) is 30.3 Å². The van der Waals surface area contributed by atoms with Crippen LogP contribution in [0.5, 0.6) is 0 Å². The molecule has 0 bridgehead atoms. The molecule has 0 amide bonds. The zero-order valence-corrected chi connectivity index (χ0v) is 15.1. The van der Waals surface area contributed by atoms with Gasteiger partial charge >= 0.3 is 0 Å². The van der Waals surface area contributed by atoms with E-state index in [-0.39, 0.29) is 6.04 Å². The number of hydrogen-bond acceptors (Lipinski definition) is 2. The van der Waals surface area contributed by atoms with Crippen LogP contribution in [0.25, 0.3) is 0 Å². The van der Waals surface area contributed by atoms with Gasteiger partial charge < -0.3 is 10.8 Å². The average molecular weight is 349 g/mol. The molecule has 2 nitrogen and oxygen atoms in total. The highest BCUT2D eigenvalue weighted by atomic mass is 31.1. The van der Waals surface area contributed by atoms with E-state index in [4.69, 9.17) is 5.73 Å². The lowest BCUT2D eigenvalue weighted by Crippen LogP contribution is -2.40.